The molecule has 0 aliphatic heterocycles. The zero-order valence-corrected chi connectivity index (χ0v) is 11.5. The van der Waals surface area contributed by atoms with Crippen LogP contribution in [0.15, 0.2) is 11.4 Å². The predicted octanol–water partition coefficient (Wildman–Crippen LogP) is 1.63. The van der Waals surface area contributed by atoms with E-state index < -0.39 is 0 Å². The molecule has 18 heavy (non-hydrogen) atoms. The Hall–Kier alpha value is -1.53. The minimum absolute atomic E-state index is 0.00106. The number of hydrogen-bond donors (Lipinski definition) is 1. The number of carbonyl (C=O) groups is 1. The second-order valence-electron chi connectivity index (χ2n) is 4.36. The van der Waals surface area contributed by atoms with E-state index in [1.807, 2.05) is 27.0 Å². The third-order valence-electron chi connectivity index (χ3n) is 2.64. The summed E-state index contributed by atoms with van der Waals surface area (Å²) in [5.74, 6) is 0.00106. The smallest absolute Gasteiger partial charge is 0.187 e. The molecule has 0 amide bonds. The maximum absolute atomic E-state index is 12.1. The predicted molar refractivity (Wildman–Crippen MR) is 70.7 cm³/mol. The van der Waals surface area contributed by atoms with Crippen molar-refractivity contribution >= 4 is 17.1 Å². The molecule has 0 fully saturated rings. The molecule has 1 atom stereocenters. The summed E-state index contributed by atoms with van der Waals surface area (Å²) in [5, 5.41) is 6.78. The molecule has 0 radical (unpaired) electrons. The van der Waals surface area contributed by atoms with Crippen molar-refractivity contribution in [1.29, 1.82) is 0 Å². The Kier molecular flexibility index (Phi) is 3.58. The third kappa shape index (κ3) is 2.65. The number of aromatic nitrogens is 3. The average molecular weight is 264 g/mol. The summed E-state index contributed by atoms with van der Waals surface area (Å²) in [6.07, 6.45) is 0.319. The topological polar surface area (TPSA) is 73.8 Å². The van der Waals surface area contributed by atoms with Gasteiger partial charge in [-0.05, 0) is 19.9 Å². The minimum Gasteiger partial charge on any atom is -0.322 e. The molecule has 0 spiro atoms. The third-order valence-corrected chi connectivity index (χ3v) is 3.68. The van der Waals surface area contributed by atoms with E-state index in [-0.39, 0.29) is 11.8 Å². The van der Waals surface area contributed by atoms with Gasteiger partial charge in [-0.15, -0.1) is 11.3 Å². The summed E-state index contributed by atoms with van der Waals surface area (Å²) in [6.45, 7) is 3.77. The van der Waals surface area contributed by atoms with Gasteiger partial charge in [0.25, 0.3) is 0 Å². The van der Waals surface area contributed by atoms with Gasteiger partial charge in [-0.25, -0.2) is 4.98 Å². The molecule has 0 saturated heterocycles. The van der Waals surface area contributed by atoms with Crippen LogP contribution >= 0.6 is 11.3 Å². The number of carbonyl (C=O) groups excluding carboxylic acids is 1. The maximum atomic E-state index is 12.1. The molecule has 5 nitrogen and oxygen atoms in total. The van der Waals surface area contributed by atoms with Crippen molar-refractivity contribution in [3.63, 3.8) is 0 Å². The van der Waals surface area contributed by atoms with E-state index in [1.165, 1.54) is 11.3 Å². The summed E-state index contributed by atoms with van der Waals surface area (Å²) in [6, 6.07) is 1.78. The molecule has 2 aromatic rings. The van der Waals surface area contributed by atoms with Crippen molar-refractivity contribution < 1.29 is 4.79 Å². The standard InChI is InChI=1S/C12H16N4OS/c1-7-4-9(16(3)15-7)5-11(17)10-6-18-12(14-10)8(2)13/h4,6,8H,5,13H2,1-3H3. The van der Waals surface area contributed by atoms with Gasteiger partial charge < -0.3 is 5.73 Å². The molecule has 0 aliphatic carbocycles. The van der Waals surface area contributed by atoms with Crippen LogP contribution in [0.2, 0.25) is 0 Å². The second-order valence-corrected chi connectivity index (χ2v) is 5.25. The van der Waals surface area contributed by atoms with E-state index in [2.05, 4.69) is 10.1 Å². The number of aryl methyl sites for hydroxylation is 2. The average Bonchev–Trinajstić information content (AvgIpc) is 2.86. The van der Waals surface area contributed by atoms with Gasteiger partial charge in [0, 0.05) is 18.1 Å². The largest absolute Gasteiger partial charge is 0.322 e. The Balaban J connectivity index is 2.14. The summed E-state index contributed by atoms with van der Waals surface area (Å²) >= 11 is 1.43. The number of nitrogens with two attached hydrogens (primary N) is 1. The molecule has 0 bridgehead atoms. The van der Waals surface area contributed by atoms with Crippen molar-refractivity contribution in [1.82, 2.24) is 14.8 Å². The fraction of sp³-hybridized carbons (Fsp3) is 0.417. The number of nitrogens with zero attached hydrogens (tertiary/aromatic N) is 3. The summed E-state index contributed by atoms with van der Waals surface area (Å²) in [7, 11) is 1.84. The van der Waals surface area contributed by atoms with Crippen LogP contribution in [0.3, 0.4) is 0 Å². The van der Waals surface area contributed by atoms with Gasteiger partial charge in [-0.1, -0.05) is 0 Å². The molecule has 96 valence electrons. The summed E-state index contributed by atoms with van der Waals surface area (Å²) < 4.78 is 1.73. The maximum Gasteiger partial charge on any atom is 0.187 e. The first kappa shape index (κ1) is 12.9. The molecule has 2 aromatic heterocycles. The molecule has 2 rings (SSSR count). The number of thiazole rings is 1. The molecule has 6 heteroatoms. The van der Waals surface area contributed by atoms with E-state index in [0.29, 0.717) is 12.1 Å². The van der Waals surface area contributed by atoms with Crippen molar-refractivity contribution in [2.45, 2.75) is 26.3 Å². The van der Waals surface area contributed by atoms with Crippen LogP contribution in [-0.2, 0) is 13.5 Å². The summed E-state index contributed by atoms with van der Waals surface area (Å²) in [4.78, 5) is 16.3. The normalized spacial score (nSPS) is 12.7. The lowest BCUT2D eigenvalue weighted by atomic mass is 10.2. The first-order valence-corrected chi connectivity index (χ1v) is 6.59. The molecular weight excluding hydrogens is 248 g/mol. The van der Waals surface area contributed by atoms with Crippen LogP contribution in [0, 0.1) is 6.92 Å². The van der Waals surface area contributed by atoms with Crippen molar-refractivity contribution in [2.24, 2.45) is 12.8 Å². The van der Waals surface area contributed by atoms with Gasteiger partial charge in [0.05, 0.1) is 18.2 Å². The van der Waals surface area contributed by atoms with Crippen LogP contribution in [0.1, 0.15) is 39.8 Å². The fourth-order valence-electron chi connectivity index (χ4n) is 1.71. The van der Waals surface area contributed by atoms with Crippen LogP contribution < -0.4 is 5.73 Å². The Morgan fingerprint density at radius 2 is 2.33 bits per heavy atom. The quantitative estimate of drug-likeness (QED) is 0.852. The SMILES string of the molecule is Cc1cc(CC(=O)c2csc(C(C)N)n2)n(C)n1. The Morgan fingerprint density at radius 3 is 2.83 bits per heavy atom. The lowest BCUT2D eigenvalue weighted by Crippen LogP contribution is -2.09. The van der Waals surface area contributed by atoms with Crippen LogP contribution in [0.25, 0.3) is 0 Å². The van der Waals surface area contributed by atoms with Gasteiger partial charge in [0.1, 0.15) is 10.7 Å². The first-order valence-electron chi connectivity index (χ1n) is 5.71. The number of ketones is 1. The van der Waals surface area contributed by atoms with E-state index in [0.717, 1.165) is 16.4 Å². The van der Waals surface area contributed by atoms with E-state index in [1.54, 1.807) is 10.1 Å². The highest BCUT2D eigenvalue weighted by molar-refractivity contribution is 7.09. The van der Waals surface area contributed by atoms with Gasteiger partial charge in [0.2, 0.25) is 0 Å². The molecule has 1 unspecified atom stereocenters. The molecular formula is C12H16N4OS. The highest BCUT2D eigenvalue weighted by Crippen LogP contribution is 2.17. The highest BCUT2D eigenvalue weighted by Gasteiger charge is 2.15. The zero-order valence-electron chi connectivity index (χ0n) is 10.7. The van der Waals surface area contributed by atoms with Crippen LogP contribution in [0.5, 0.6) is 0 Å². The van der Waals surface area contributed by atoms with Gasteiger partial charge in [-0.3, -0.25) is 9.48 Å². The highest BCUT2D eigenvalue weighted by atomic mass is 32.1. The van der Waals surface area contributed by atoms with Crippen molar-refractivity contribution in [3.05, 3.63) is 33.5 Å². The monoisotopic (exact) mass is 264 g/mol. The van der Waals surface area contributed by atoms with E-state index >= 15 is 0 Å². The van der Waals surface area contributed by atoms with E-state index in [9.17, 15) is 4.79 Å². The number of Topliss-reactive ketones (excluding diaryl/α,β-unsaturated/α-hetero) is 1. The fourth-order valence-corrected chi connectivity index (χ4v) is 2.49. The molecule has 0 aromatic carbocycles. The second kappa shape index (κ2) is 4.99. The van der Waals surface area contributed by atoms with Gasteiger partial charge in [-0.2, -0.15) is 5.10 Å². The lowest BCUT2D eigenvalue weighted by molar-refractivity contribution is 0.0986. The van der Waals surface area contributed by atoms with Crippen LogP contribution in [0.4, 0.5) is 0 Å². The van der Waals surface area contributed by atoms with Crippen LogP contribution in [-0.4, -0.2) is 20.5 Å². The first-order chi connectivity index (χ1) is 8.47. The van der Waals surface area contributed by atoms with Crippen molar-refractivity contribution in [3.8, 4) is 0 Å². The number of rotatable bonds is 4. The Morgan fingerprint density at radius 1 is 1.61 bits per heavy atom. The van der Waals surface area contributed by atoms with E-state index in [4.69, 9.17) is 5.73 Å². The Bertz CT molecular complexity index is 570. The minimum atomic E-state index is -0.129. The van der Waals surface area contributed by atoms with Crippen molar-refractivity contribution in [2.75, 3.05) is 0 Å². The molecule has 0 saturated carbocycles. The molecule has 0 aliphatic rings. The Labute approximate surface area is 110 Å². The van der Waals surface area contributed by atoms with Gasteiger partial charge >= 0.3 is 0 Å². The number of hydrogen-bond acceptors (Lipinski definition) is 5. The zero-order chi connectivity index (χ0) is 13.3. The molecule has 2 N–H and O–H groups in total. The molecule has 2 heterocycles. The lowest BCUT2D eigenvalue weighted by Gasteiger charge is -1.99. The summed E-state index contributed by atoms with van der Waals surface area (Å²) in [5.41, 5.74) is 8.03. The van der Waals surface area contributed by atoms with Gasteiger partial charge in [0.15, 0.2) is 5.78 Å².